The second-order valence-corrected chi connectivity index (χ2v) is 8.34. The topological polar surface area (TPSA) is 78.4 Å². The molecule has 10 heteroatoms. The van der Waals surface area contributed by atoms with E-state index in [1.165, 1.54) is 34.6 Å². The van der Waals surface area contributed by atoms with Gasteiger partial charge >= 0.3 is 6.03 Å². The molecular formula is C20H17ClFN5O2S. The third-order valence-corrected chi connectivity index (χ3v) is 5.73. The molecule has 3 heterocycles. The minimum atomic E-state index is -0.314. The summed E-state index contributed by atoms with van der Waals surface area (Å²) in [6.07, 6.45) is 3.12. The highest BCUT2D eigenvalue weighted by atomic mass is 35.5. The molecule has 1 fully saturated rings. The fourth-order valence-corrected chi connectivity index (χ4v) is 4.01. The lowest BCUT2D eigenvalue weighted by Gasteiger charge is -2.18. The number of carbonyl (C=O) groups excluding carboxylic acids is 2. The molecule has 0 unspecified atom stereocenters. The standard InChI is InChI=1S/C20H17ClFN5O2S/c21-19-25-11-16(30-19)10-24-18(28)14-5-6-23-17(9-14)27-8-7-26(20(27)29)12-13-1-3-15(22)4-2-13/h1-6,9,11H,7-8,10,12H2,(H,24,28). The molecule has 3 amide bonds. The van der Waals surface area contributed by atoms with Crippen molar-refractivity contribution >= 4 is 40.7 Å². The van der Waals surface area contributed by atoms with E-state index in [2.05, 4.69) is 15.3 Å². The maximum Gasteiger partial charge on any atom is 0.326 e. The van der Waals surface area contributed by atoms with Gasteiger partial charge in [0.25, 0.3) is 5.91 Å². The molecule has 1 N–H and O–H groups in total. The van der Waals surface area contributed by atoms with Crippen molar-refractivity contribution in [3.63, 3.8) is 0 Å². The first-order valence-electron chi connectivity index (χ1n) is 9.15. The van der Waals surface area contributed by atoms with Crippen LogP contribution >= 0.6 is 22.9 Å². The van der Waals surface area contributed by atoms with Crippen LogP contribution in [-0.4, -0.2) is 39.9 Å². The molecule has 3 aromatic rings. The molecule has 1 saturated heterocycles. The maximum atomic E-state index is 13.1. The molecule has 4 rings (SSSR count). The van der Waals surface area contributed by atoms with Gasteiger partial charge in [-0.05, 0) is 29.8 Å². The van der Waals surface area contributed by atoms with Crippen molar-refractivity contribution in [2.45, 2.75) is 13.1 Å². The van der Waals surface area contributed by atoms with Crippen molar-refractivity contribution in [1.82, 2.24) is 20.2 Å². The highest BCUT2D eigenvalue weighted by molar-refractivity contribution is 7.15. The first kappa shape index (κ1) is 20.2. The van der Waals surface area contributed by atoms with Gasteiger partial charge in [-0.1, -0.05) is 23.7 Å². The Morgan fingerprint density at radius 1 is 1.20 bits per heavy atom. The number of thiazole rings is 1. The predicted octanol–water partition coefficient (Wildman–Crippen LogP) is 3.70. The smallest absolute Gasteiger partial charge is 0.326 e. The number of pyridine rings is 1. The third-order valence-electron chi connectivity index (χ3n) is 4.61. The summed E-state index contributed by atoms with van der Waals surface area (Å²) in [7, 11) is 0. The van der Waals surface area contributed by atoms with Crippen LogP contribution in [-0.2, 0) is 13.1 Å². The van der Waals surface area contributed by atoms with Gasteiger partial charge in [-0.15, -0.1) is 11.3 Å². The van der Waals surface area contributed by atoms with Gasteiger partial charge in [-0.2, -0.15) is 0 Å². The van der Waals surface area contributed by atoms with Crippen molar-refractivity contribution in [3.05, 3.63) is 75.1 Å². The molecule has 1 aromatic carbocycles. The first-order valence-corrected chi connectivity index (χ1v) is 10.3. The number of hydrogen-bond donors (Lipinski definition) is 1. The van der Waals surface area contributed by atoms with Gasteiger partial charge in [-0.25, -0.2) is 19.2 Å². The minimum Gasteiger partial charge on any atom is -0.347 e. The fraction of sp³-hybridized carbons (Fsp3) is 0.200. The van der Waals surface area contributed by atoms with E-state index in [0.29, 0.717) is 42.0 Å². The Labute approximate surface area is 181 Å². The summed E-state index contributed by atoms with van der Waals surface area (Å²) in [6, 6.07) is 9.04. The number of halogens is 2. The van der Waals surface area contributed by atoms with E-state index >= 15 is 0 Å². The first-order chi connectivity index (χ1) is 14.5. The summed E-state index contributed by atoms with van der Waals surface area (Å²) in [5.74, 6) is -0.182. The van der Waals surface area contributed by atoms with Crippen molar-refractivity contribution in [2.75, 3.05) is 18.0 Å². The molecule has 154 valence electrons. The number of nitrogens with zero attached hydrogens (tertiary/aromatic N) is 4. The highest BCUT2D eigenvalue weighted by Gasteiger charge is 2.30. The van der Waals surface area contributed by atoms with Crippen LogP contribution in [0.4, 0.5) is 15.0 Å². The lowest BCUT2D eigenvalue weighted by molar-refractivity contribution is 0.0951. The molecule has 2 aromatic heterocycles. The summed E-state index contributed by atoms with van der Waals surface area (Å²) in [5.41, 5.74) is 1.25. The number of carbonyl (C=O) groups is 2. The Kier molecular flexibility index (Phi) is 5.91. The molecular weight excluding hydrogens is 429 g/mol. The molecule has 1 aliphatic heterocycles. The zero-order valence-electron chi connectivity index (χ0n) is 15.7. The number of hydrogen-bond acceptors (Lipinski definition) is 5. The second kappa shape index (κ2) is 8.76. The van der Waals surface area contributed by atoms with E-state index < -0.39 is 0 Å². The Balaban J connectivity index is 1.41. The Morgan fingerprint density at radius 2 is 2.00 bits per heavy atom. The maximum absolute atomic E-state index is 13.1. The van der Waals surface area contributed by atoms with E-state index in [9.17, 15) is 14.0 Å². The molecule has 0 atom stereocenters. The van der Waals surface area contributed by atoms with Gasteiger partial charge in [-0.3, -0.25) is 9.69 Å². The van der Waals surface area contributed by atoms with Gasteiger partial charge in [0.05, 0.1) is 6.54 Å². The van der Waals surface area contributed by atoms with Gasteiger partial charge in [0.15, 0.2) is 4.47 Å². The van der Waals surface area contributed by atoms with Gasteiger partial charge in [0, 0.05) is 42.5 Å². The lowest BCUT2D eigenvalue weighted by atomic mass is 10.2. The largest absolute Gasteiger partial charge is 0.347 e. The second-order valence-electron chi connectivity index (χ2n) is 6.65. The van der Waals surface area contributed by atoms with Crippen LogP contribution in [0.2, 0.25) is 4.47 Å². The van der Waals surface area contributed by atoms with Gasteiger partial charge < -0.3 is 10.2 Å². The predicted molar refractivity (Wildman–Crippen MR) is 112 cm³/mol. The minimum absolute atomic E-state index is 0.205. The summed E-state index contributed by atoms with van der Waals surface area (Å²) in [5, 5.41) is 2.80. The van der Waals surface area contributed by atoms with Crippen LogP contribution in [0.25, 0.3) is 0 Å². The van der Waals surface area contributed by atoms with Crippen LogP contribution < -0.4 is 10.2 Å². The molecule has 0 aliphatic carbocycles. The van der Waals surface area contributed by atoms with Crippen molar-refractivity contribution < 1.29 is 14.0 Å². The summed E-state index contributed by atoms with van der Waals surface area (Å²) in [4.78, 5) is 37.5. The van der Waals surface area contributed by atoms with E-state index in [4.69, 9.17) is 11.6 Å². The quantitative estimate of drug-likeness (QED) is 0.627. The monoisotopic (exact) mass is 445 g/mol. The summed E-state index contributed by atoms with van der Waals surface area (Å²) < 4.78 is 13.5. The molecule has 0 radical (unpaired) electrons. The van der Waals surface area contributed by atoms with Crippen LogP contribution in [0, 0.1) is 5.82 Å². The normalized spacial score (nSPS) is 13.7. The third kappa shape index (κ3) is 4.58. The van der Waals surface area contributed by atoms with Crippen LogP contribution in [0.5, 0.6) is 0 Å². The zero-order chi connectivity index (χ0) is 21.1. The van der Waals surface area contributed by atoms with Crippen molar-refractivity contribution in [1.29, 1.82) is 0 Å². The summed E-state index contributed by atoms with van der Waals surface area (Å²) >= 11 is 7.10. The van der Waals surface area contributed by atoms with Crippen LogP contribution in [0.1, 0.15) is 20.8 Å². The van der Waals surface area contributed by atoms with E-state index in [-0.39, 0.29) is 17.8 Å². The number of nitrogens with one attached hydrogen (secondary N) is 1. The SMILES string of the molecule is O=C(NCc1cnc(Cl)s1)c1ccnc(N2CCN(Cc3ccc(F)cc3)C2=O)c1. The van der Waals surface area contributed by atoms with Crippen molar-refractivity contribution in [2.24, 2.45) is 0 Å². The average molecular weight is 446 g/mol. The van der Waals surface area contributed by atoms with Gasteiger partial charge in [0.2, 0.25) is 0 Å². The molecule has 30 heavy (non-hydrogen) atoms. The average Bonchev–Trinajstić information content (AvgIpc) is 3.33. The van der Waals surface area contributed by atoms with E-state index in [0.717, 1.165) is 10.4 Å². The highest BCUT2D eigenvalue weighted by Crippen LogP contribution is 2.21. The van der Waals surface area contributed by atoms with Gasteiger partial charge in [0.1, 0.15) is 11.6 Å². The van der Waals surface area contributed by atoms with Crippen LogP contribution in [0.3, 0.4) is 0 Å². The van der Waals surface area contributed by atoms with E-state index in [1.807, 2.05) is 0 Å². The number of urea groups is 1. The lowest BCUT2D eigenvalue weighted by Crippen LogP contribution is -2.32. The summed E-state index contributed by atoms with van der Waals surface area (Å²) in [6.45, 7) is 1.67. The molecule has 0 saturated carbocycles. The van der Waals surface area contributed by atoms with Crippen molar-refractivity contribution in [3.8, 4) is 0 Å². The zero-order valence-corrected chi connectivity index (χ0v) is 17.3. The molecule has 0 spiro atoms. The Morgan fingerprint density at radius 3 is 2.73 bits per heavy atom. The Hall–Kier alpha value is -3.04. The number of benzene rings is 1. The van der Waals surface area contributed by atoms with Crippen LogP contribution in [0.15, 0.2) is 48.8 Å². The Bertz CT molecular complexity index is 1080. The fourth-order valence-electron chi connectivity index (χ4n) is 3.09. The number of rotatable bonds is 6. The molecule has 0 bridgehead atoms. The number of anilines is 1. The van der Waals surface area contributed by atoms with E-state index in [1.54, 1.807) is 35.4 Å². The molecule has 7 nitrogen and oxygen atoms in total. The number of amides is 3. The molecule has 1 aliphatic rings. The number of aromatic nitrogens is 2.